The van der Waals surface area contributed by atoms with Crippen molar-refractivity contribution in [2.45, 2.75) is 19.4 Å². The molecule has 0 fully saturated rings. The van der Waals surface area contributed by atoms with Gasteiger partial charge in [0.2, 0.25) is 0 Å². The van der Waals surface area contributed by atoms with Crippen LogP contribution >= 0.6 is 11.6 Å². The van der Waals surface area contributed by atoms with E-state index >= 15 is 0 Å². The van der Waals surface area contributed by atoms with Crippen LogP contribution in [0.1, 0.15) is 30.6 Å². The molecule has 4 nitrogen and oxygen atoms in total. The summed E-state index contributed by atoms with van der Waals surface area (Å²) in [4.78, 5) is 4.29. The summed E-state index contributed by atoms with van der Waals surface area (Å²) in [5, 5.41) is 0.585. The molecule has 1 unspecified atom stereocenters. The molecule has 0 aliphatic carbocycles. The number of pyridine rings is 1. The first-order chi connectivity index (χ1) is 9.76. The SMILES string of the molecule is CCCOc1ccc(C(NN)c2ncccc2Cl)cc1. The molecule has 0 saturated carbocycles. The number of nitrogens with two attached hydrogens (primary N) is 1. The van der Waals surface area contributed by atoms with Crippen molar-refractivity contribution in [3.8, 4) is 5.75 Å². The number of benzene rings is 1. The van der Waals surface area contributed by atoms with Gasteiger partial charge in [-0.2, -0.15) is 0 Å². The number of nitrogens with one attached hydrogen (secondary N) is 1. The molecule has 0 spiro atoms. The van der Waals surface area contributed by atoms with E-state index < -0.39 is 0 Å². The van der Waals surface area contributed by atoms with Crippen LogP contribution in [-0.2, 0) is 0 Å². The Balaban J connectivity index is 2.22. The zero-order valence-corrected chi connectivity index (χ0v) is 12.1. The predicted molar refractivity (Wildman–Crippen MR) is 80.6 cm³/mol. The average Bonchev–Trinajstić information content (AvgIpc) is 2.49. The molecule has 5 heteroatoms. The van der Waals surface area contributed by atoms with Gasteiger partial charge in [-0.15, -0.1) is 0 Å². The third kappa shape index (κ3) is 3.48. The molecule has 3 N–H and O–H groups in total. The lowest BCUT2D eigenvalue weighted by atomic mass is 10.0. The number of hydrogen-bond donors (Lipinski definition) is 2. The molecule has 0 aliphatic heterocycles. The predicted octanol–water partition coefficient (Wildman–Crippen LogP) is 3.08. The highest BCUT2D eigenvalue weighted by atomic mass is 35.5. The summed E-state index contributed by atoms with van der Waals surface area (Å²) >= 11 is 6.16. The Labute approximate surface area is 123 Å². The number of hydrazine groups is 1. The molecule has 106 valence electrons. The van der Waals surface area contributed by atoms with E-state index in [1.807, 2.05) is 24.3 Å². The molecule has 0 saturated heterocycles. The summed E-state index contributed by atoms with van der Waals surface area (Å²) in [6, 6.07) is 11.1. The first-order valence-corrected chi connectivity index (χ1v) is 6.93. The van der Waals surface area contributed by atoms with Crippen molar-refractivity contribution in [2.75, 3.05) is 6.61 Å². The molecule has 1 heterocycles. The normalized spacial score (nSPS) is 12.2. The Kier molecular flexibility index (Phi) is 5.35. The summed E-state index contributed by atoms with van der Waals surface area (Å²) in [7, 11) is 0. The smallest absolute Gasteiger partial charge is 0.119 e. The quantitative estimate of drug-likeness (QED) is 0.634. The van der Waals surface area contributed by atoms with E-state index in [2.05, 4.69) is 17.3 Å². The van der Waals surface area contributed by atoms with E-state index in [9.17, 15) is 0 Å². The molecular formula is C15H18ClN3O. The van der Waals surface area contributed by atoms with Crippen LogP contribution in [0.25, 0.3) is 0 Å². The summed E-state index contributed by atoms with van der Waals surface area (Å²) in [5.74, 6) is 6.49. The summed E-state index contributed by atoms with van der Waals surface area (Å²) in [6.07, 6.45) is 2.68. The third-order valence-corrected chi connectivity index (χ3v) is 3.23. The van der Waals surface area contributed by atoms with Crippen molar-refractivity contribution in [1.82, 2.24) is 10.4 Å². The molecule has 0 amide bonds. The summed E-state index contributed by atoms with van der Waals surface area (Å²) in [5.41, 5.74) is 4.44. The van der Waals surface area contributed by atoms with Gasteiger partial charge in [0.05, 0.1) is 23.4 Å². The second-order valence-corrected chi connectivity index (χ2v) is 4.79. The van der Waals surface area contributed by atoms with Crippen molar-refractivity contribution < 1.29 is 4.74 Å². The maximum Gasteiger partial charge on any atom is 0.119 e. The second kappa shape index (κ2) is 7.24. The molecular weight excluding hydrogens is 274 g/mol. The number of aromatic nitrogens is 1. The van der Waals surface area contributed by atoms with Crippen LogP contribution in [0.3, 0.4) is 0 Å². The van der Waals surface area contributed by atoms with E-state index in [-0.39, 0.29) is 6.04 Å². The Hall–Kier alpha value is -1.62. The van der Waals surface area contributed by atoms with Crippen molar-refractivity contribution in [2.24, 2.45) is 5.84 Å². The maximum absolute atomic E-state index is 6.16. The van der Waals surface area contributed by atoms with Gasteiger partial charge in [-0.3, -0.25) is 10.8 Å². The molecule has 1 atom stereocenters. The number of nitrogens with zero attached hydrogens (tertiary/aromatic N) is 1. The van der Waals surface area contributed by atoms with Gasteiger partial charge < -0.3 is 4.74 Å². The van der Waals surface area contributed by atoms with E-state index in [0.29, 0.717) is 17.3 Å². The highest BCUT2D eigenvalue weighted by Gasteiger charge is 2.16. The van der Waals surface area contributed by atoms with Crippen LogP contribution in [0.4, 0.5) is 0 Å². The summed E-state index contributed by atoms with van der Waals surface area (Å²) < 4.78 is 5.56. The van der Waals surface area contributed by atoms with Gasteiger partial charge in [-0.05, 0) is 36.2 Å². The number of rotatable bonds is 6. The highest BCUT2D eigenvalue weighted by Crippen LogP contribution is 2.26. The van der Waals surface area contributed by atoms with Gasteiger partial charge in [0, 0.05) is 6.20 Å². The fourth-order valence-electron chi connectivity index (χ4n) is 1.92. The topological polar surface area (TPSA) is 60.2 Å². The maximum atomic E-state index is 6.16. The van der Waals surface area contributed by atoms with Crippen LogP contribution in [0.15, 0.2) is 42.6 Å². The largest absolute Gasteiger partial charge is 0.494 e. The first-order valence-electron chi connectivity index (χ1n) is 6.55. The molecule has 2 aromatic rings. The van der Waals surface area contributed by atoms with E-state index in [0.717, 1.165) is 17.7 Å². The van der Waals surface area contributed by atoms with E-state index in [4.69, 9.17) is 22.2 Å². The standard InChI is InChI=1S/C15H18ClN3O/c1-2-10-20-12-7-5-11(6-8-12)14(19-17)15-13(16)4-3-9-18-15/h3-9,14,19H,2,10,17H2,1H3. The fourth-order valence-corrected chi connectivity index (χ4v) is 2.15. The molecule has 2 rings (SSSR count). The monoisotopic (exact) mass is 291 g/mol. The van der Waals surface area contributed by atoms with Gasteiger partial charge in [-0.25, -0.2) is 5.43 Å². The Bertz CT molecular complexity index is 545. The van der Waals surface area contributed by atoms with Gasteiger partial charge >= 0.3 is 0 Å². The van der Waals surface area contributed by atoms with Crippen LogP contribution < -0.4 is 16.0 Å². The minimum Gasteiger partial charge on any atom is -0.494 e. The van der Waals surface area contributed by atoms with Crippen LogP contribution in [0.5, 0.6) is 5.75 Å². The minimum atomic E-state index is -0.246. The lowest BCUT2D eigenvalue weighted by molar-refractivity contribution is 0.317. The number of hydrogen-bond acceptors (Lipinski definition) is 4. The molecule has 20 heavy (non-hydrogen) atoms. The lowest BCUT2D eigenvalue weighted by Crippen LogP contribution is -2.29. The van der Waals surface area contributed by atoms with Crippen molar-refractivity contribution in [3.63, 3.8) is 0 Å². The first kappa shape index (κ1) is 14.8. The van der Waals surface area contributed by atoms with E-state index in [1.165, 1.54) is 0 Å². The van der Waals surface area contributed by atoms with E-state index in [1.54, 1.807) is 18.3 Å². The van der Waals surface area contributed by atoms with Crippen molar-refractivity contribution in [1.29, 1.82) is 0 Å². The van der Waals surface area contributed by atoms with Gasteiger partial charge in [0.1, 0.15) is 5.75 Å². The Morgan fingerprint density at radius 3 is 2.65 bits per heavy atom. The van der Waals surface area contributed by atoms with Crippen LogP contribution in [-0.4, -0.2) is 11.6 Å². The summed E-state index contributed by atoms with van der Waals surface area (Å²) in [6.45, 7) is 2.79. The number of halogens is 1. The zero-order valence-electron chi connectivity index (χ0n) is 11.3. The third-order valence-electron chi connectivity index (χ3n) is 2.91. The highest BCUT2D eigenvalue weighted by molar-refractivity contribution is 6.31. The minimum absolute atomic E-state index is 0.246. The average molecular weight is 292 g/mol. The Morgan fingerprint density at radius 1 is 1.30 bits per heavy atom. The van der Waals surface area contributed by atoms with Gasteiger partial charge in [-0.1, -0.05) is 30.7 Å². The van der Waals surface area contributed by atoms with Crippen LogP contribution in [0, 0.1) is 0 Å². The van der Waals surface area contributed by atoms with Gasteiger partial charge in [0.15, 0.2) is 0 Å². The molecule has 1 aromatic heterocycles. The second-order valence-electron chi connectivity index (χ2n) is 4.39. The molecule has 0 bridgehead atoms. The fraction of sp³-hybridized carbons (Fsp3) is 0.267. The zero-order chi connectivity index (χ0) is 14.4. The Morgan fingerprint density at radius 2 is 2.05 bits per heavy atom. The van der Waals surface area contributed by atoms with Crippen molar-refractivity contribution >= 4 is 11.6 Å². The molecule has 1 aromatic carbocycles. The van der Waals surface area contributed by atoms with Crippen molar-refractivity contribution in [3.05, 3.63) is 58.9 Å². The number of ether oxygens (including phenoxy) is 1. The molecule has 0 aliphatic rings. The lowest BCUT2D eigenvalue weighted by Gasteiger charge is -2.17. The van der Waals surface area contributed by atoms with Gasteiger partial charge in [0.25, 0.3) is 0 Å². The molecule has 0 radical (unpaired) electrons. The van der Waals surface area contributed by atoms with Crippen LogP contribution in [0.2, 0.25) is 5.02 Å².